The minimum Gasteiger partial charge on any atom is -0.192 e. The Labute approximate surface area is 95.0 Å². The van der Waals surface area contributed by atoms with E-state index in [0.29, 0.717) is 5.56 Å². The maximum atomic E-state index is 8.76. The van der Waals surface area contributed by atoms with Crippen molar-refractivity contribution in [3.63, 3.8) is 0 Å². The second kappa shape index (κ2) is 4.94. The Morgan fingerprint density at radius 2 is 2.00 bits per heavy atom. The SMILES string of the molecule is CSc1cc(C#N)cc(Br)c1SC. The minimum absolute atomic E-state index is 0.703. The molecule has 0 amide bonds. The molecule has 0 heterocycles. The van der Waals surface area contributed by atoms with Gasteiger partial charge in [-0.05, 0) is 40.6 Å². The first-order chi connectivity index (χ1) is 6.22. The van der Waals surface area contributed by atoms with E-state index >= 15 is 0 Å². The Kier molecular flexibility index (Phi) is 4.17. The van der Waals surface area contributed by atoms with Crippen LogP contribution in [0.5, 0.6) is 0 Å². The summed E-state index contributed by atoms with van der Waals surface area (Å²) in [5.41, 5.74) is 0.703. The summed E-state index contributed by atoms with van der Waals surface area (Å²) in [6.07, 6.45) is 4.05. The Balaban J connectivity index is 3.31. The molecule has 68 valence electrons. The molecule has 0 saturated carbocycles. The third-order valence-corrected chi connectivity index (χ3v) is 4.19. The Bertz CT molecular complexity index is 357. The van der Waals surface area contributed by atoms with Crippen LogP contribution in [0, 0.1) is 11.3 Å². The molecular weight excluding hydrogens is 266 g/mol. The van der Waals surface area contributed by atoms with Gasteiger partial charge < -0.3 is 0 Å². The van der Waals surface area contributed by atoms with E-state index in [9.17, 15) is 0 Å². The summed E-state index contributed by atoms with van der Waals surface area (Å²) in [5.74, 6) is 0. The lowest BCUT2D eigenvalue weighted by atomic mass is 10.2. The van der Waals surface area contributed by atoms with Crippen LogP contribution in [-0.4, -0.2) is 12.5 Å². The molecule has 0 aromatic heterocycles. The monoisotopic (exact) mass is 273 g/mol. The second-order valence-electron chi connectivity index (χ2n) is 2.31. The summed E-state index contributed by atoms with van der Waals surface area (Å²) >= 11 is 6.80. The molecule has 4 heteroatoms. The number of nitriles is 1. The van der Waals surface area contributed by atoms with Crippen molar-refractivity contribution in [3.05, 3.63) is 22.2 Å². The van der Waals surface area contributed by atoms with E-state index in [2.05, 4.69) is 22.0 Å². The highest BCUT2D eigenvalue weighted by atomic mass is 79.9. The van der Waals surface area contributed by atoms with Crippen molar-refractivity contribution in [2.24, 2.45) is 0 Å². The standard InChI is InChI=1S/C9H8BrNS2/c1-12-8-4-6(5-11)3-7(10)9(8)13-2/h3-4H,1-2H3. The minimum atomic E-state index is 0.703. The maximum absolute atomic E-state index is 8.76. The zero-order valence-electron chi connectivity index (χ0n) is 7.30. The molecule has 13 heavy (non-hydrogen) atoms. The first kappa shape index (κ1) is 11.0. The van der Waals surface area contributed by atoms with E-state index in [0.717, 1.165) is 9.37 Å². The van der Waals surface area contributed by atoms with Crippen molar-refractivity contribution in [3.8, 4) is 6.07 Å². The van der Waals surface area contributed by atoms with Crippen LogP contribution in [0.2, 0.25) is 0 Å². The lowest BCUT2D eigenvalue weighted by Crippen LogP contribution is -1.83. The third kappa shape index (κ3) is 2.43. The fourth-order valence-corrected chi connectivity index (χ4v) is 3.61. The van der Waals surface area contributed by atoms with Gasteiger partial charge in [0, 0.05) is 14.3 Å². The predicted octanol–water partition coefficient (Wildman–Crippen LogP) is 3.76. The molecule has 0 aliphatic heterocycles. The maximum Gasteiger partial charge on any atom is 0.0992 e. The number of hydrogen-bond acceptors (Lipinski definition) is 3. The number of nitrogens with zero attached hydrogens (tertiary/aromatic N) is 1. The van der Waals surface area contributed by atoms with Crippen LogP contribution in [0.1, 0.15) is 5.56 Å². The summed E-state index contributed by atoms with van der Waals surface area (Å²) in [6, 6.07) is 5.91. The molecule has 0 aliphatic carbocycles. The molecule has 1 aromatic rings. The van der Waals surface area contributed by atoms with E-state index in [4.69, 9.17) is 5.26 Å². The van der Waals surface area contributed by atoms with Crippen molar-refractivity contribution in [2.75, 3.05) is 12.5 Å². The van der Waals surface area contributed by atoms with Crippen LogP contribution in [0.25, 0.3) is 0 Å². The molecule has 0 fully saturated rings. The van der Waals surface area contributed by atoms with Gasteiger partial charge >= 0.3 is 0 Å². The fourth-order valence-electron chi connectivity index (χ4n) is 0.982. The highest BCUT2D eigenvalue weighted by molar-refractivity contribution is 9.10. The van der Waals surface area contributed by atoms with Crippen LogP contribution in [-0.2, 0) is 0 Å². The Hall–Kier alpha value is -0.110. The van der Waals surface area contributed by atoms with Crippen LogP contribution in [0.4, 0.5) is 0 Å². The van der Waals surface area contributed by atoms with Gasteiger partial charge in [-0.1, -0.05) is 0 Å². The van der Waals surface area contributed by atoms with Gasteiger partial charge in [0.25, 0.3) is 0 Å². The van der Waals surface area contributed by atoms with Gasteiger partial charge in [-0.2, -0.15) is 5.26 Å². The molecule has 0 unspecified atom stereocenters. The van der Waals surface area contributed by atoms with E-state index in [1.807, 2.05) is 24.6 Å². The van der Waals surface area contributed by atoms with Crippen molar-refractivity contribution >= 4 is 39.5 Å². The highest BCUT2D eigenvalue weighted by Crippen LogP contribution is 2.35. The van der Waals surface area contributed by atoms with Crippen molar-refractivity contribution in [1.29, 1.82) is 5.26 Å². The topological polar surface area (TPSA) is 23.8 Å². The van der Waals surface area contributed by atoms with Crippen LogP contribution < -0.4 is 0 Å². The second-order valence-corrected chi connectivity index (χ2v) is 4.82. The zero-order chi connectivity index (χ0) is 9.84. The van der Waals surface area contributed by atoms with Gasteiger partial charge in [0.1, 0.15) is 0 Å². The van der Waals surface area contributed by atoms with Crippen LogP contribution in [0.3, 0.4) is 0 Å². The molecule has 1 rings (SSSR count). The summed E-state index contributed by atoms with van der Waals surface area (Å²) in [5, 5.41) is 8.76. The smallest absolute Gasteiger partial charge is 0.0992 e. The van der Waals surface area contributed by atoms with E-state index < -0.39 is 0 Å². The predicted molar refractivity (Wildman–Crippen MR) is 62.4 cm³/mol. The lowest BCUT2D eigenvalue weighted by Gasteiger charge is -2.07. The van der Waals surface area contributed by atoms with Crippen LogP contribution >= 0.6 is 39.5 Å². The molecule has 0 radical (unpaired) electrons. The van der Waals surface area contributed by atoms with Gasteiger partial charge in [0.15, 0.2) is 0 Å². The first-order valence-electron chi connectivity index (χ1n) is 3.54. The molecule has 0 saturated heterocycles. The molecule has 0 N–H and O–H groups in total. The number of rotatable bonds is 2. The van der Waals surface area contributed by atoms with Gasteiger partial charge in [0.2, 0.25) is 0 Å². The first-order valence-corrected chi connectivity index (χ1v) is 6.78. The average Bonchev–Trinajstić information content (AvgIpc) is 2.16. The largest absolute Gasteiger partial charge is 0.192 e. The van der Waals surface area contributed by atoms with Gasteiger partial charge in [0.05, 0.1) is 11.6 Å². The quantitative estimate of drug-likeness (QED) is 0.767. The Morgan fingerprint density at radius 1 is 1.31 bits per heavy atom. The Morgan fingerprint density at radius 3 is 2.46 bits per heavy atom. The fraction of sp³-hybridized carbons (Fsp3) is 0.222. The highest BCUT2D eigenvalue weighted by Gasteiger charge is 2.07. The molecule has 0 aliphatic rings. The zero-order valence-corrected chi connectivity index (χ0v) is 10.5. The number of benzene rings is 1. The summed E-state index contributed by atoms with van der Waals surface area (Å²) in [7, 11) is 0. The molecule has 0 bridgehead atoms. The van der Waals surface area contributed by atoms with Crippen molar-refractivity contribution in [1.82, 2.24) is 0 Å². The molecule has 0 spiro atoms. The molecule has 1 aromatic carbocycles. The van der Waals surface area contributed by atoms with Gasteiger partial charge in [-0.25, -0.2) is 0 Å². The lowest BCUT2D eigenvalue weighted by molar-refractivity contribution is 1.21. The van der Waals surface area contributed by atoms with E-state index in [-0.39, 0.29) is 0 Å². The van der Waals surface area contributed by atoms with Crippen LogP contribution in [0.15, 0.2) is 26.4 Å². The van der Waals surface area contributed by atoms with Gasteiger partial charge in [-0.15, -0.1) is 23.5 Å². The number of hydrogen-bond donors (Lipinski definition) is 0. The third-order valence-electron chi connectivity index (χ3n) is 1.56. The molecule has 0 atom stereocenters. The summed E-state index contributed by atoms with van der Waals surface area (Å²) < 4.78 is 1.00. The average molecular weight is 274 g/mol. The summed E-state index contributed by atoms with van der Waals surface area (Å²) in [4.78, 5) is 2.35. The number of thioether (sulfide) groups is 2. The number of halogens is 1. The normalized spacial score (nSPS) is 9.69. The van der Waals surface area contributed by atoms with Gasteiger partial charge in [-0.3, -0.25) is 0 Å². The molecular formula is C9H8BrNS2. The summed E-state index contributed by atoms with van der Waals surface area (Å²) in [6.45, 7) is 0. The molecule has 1 nitrogen and oxygen atoms in total. The van der Waals surface area contributed by atoms with E-state index in [1.165, 1.54) is 4.90 Å². The van der Waals surface area contributed by atoms with Crippen molar-refractivity contribution in [2.45, 2.75) is 9.79 Å². The van der Waals surface area contributed by atoms with Crippen molar-refractivity contribution < 1.29 is 0 Å². The van der Waals surface area contributed by atoms with E-state index in [1.54, 1.807) is 23.5 Å².